The molecule has 0 aliphatic carbocycles. The van der Waals surface area contributed by atoms with Crippen LogP contribution in [0.25, 0.3) is 87.5 Å². The largest absolute Gasteiger partial charge is 0.456 e. The van der Waals surface area contributed by atoms with Crippen LogP contribution in [0.5, 0.6) is 0 Å². The van der Waals surface area contributed by atoms with Gasteiger partial charge in [-0.05, 0) is 71.4 Å². The van der Waals surface area contributed by atoms with Crippen molar-refractivity contribution in [2.24, 2.45) is 0 Å². The lowest BCUT2D eigenvalue weighted by Gasteiger charge is -2.25. The third-order valence-corrected chi connectivity index (χ3v) is 11.9. The van der Waals surface area contributed by atoms with Gasteiger partial charge in [-0.25, -0.2) is 4.98 Å². The van der Waals surface area contributed by atoms with E-state index in [4.69, 9.17) is 23.2 Å². The van der Waals surface area contributed by atoms with E-state index in [9.17, 15) is 0 Å². The molecule has 0 bridgehead atoms. The molecular formula is C54H32N4O3. The van der Waals surface area contributed by atoms with Crippen molar-refractivity contribution in [1.29, 1.82) is 0 Å². The first kappa shape index (κ1) is 33.5. The van der Waals surface area contributed by atoms with Crippen molar-refractivity contribution >= 4 is 122 Å². The van der Waals surface area contributed by atoms with E-state index in [-0.39, 0.29) is 0 Å². The van der Waals surface area contributed by atoms with E-state index < -0.39 is 0 Å². The lowest BCUT2D eigenvalue weighted by molar-refractivity contribution is 0.654. The minimum absolute atomic E-state index is 0.516. The first-order chi connectivity index (χ1) is 30.2. The molecule has 8 aromatic carbocycles. The van der Waals surface area contributed by atoms with Gasteiger partial charge in [0.2, 0.25) is 5.71 Å². The van der Waals surface area contributed by atoms with Crippen molar-refractivity contribution < 1.29 is 13.3 Å². The molecule has 61 heavy (non-hydrogen) atoms. The molecule has 0 aliphatic rings. The van der Waals surface area contributed by atoms with Crippen molar-refractivity contribution in [2.75, 3.05) is 9.80 Å². The lowest BCUT2D eigenvalue weighted by Crippen LogP contribution is -2.12. The van der Waals surface area contributed by atoms with Gasteiger partial charge in [0, 0.05) is 67.5 Å². The van der Waals surface area contributed by atoms with Crippen molar-refractivity contribution in [3.63, 3.8) is 0 Å². The number of para-hydroxylation sites is 2. The smallest absolute Gasteiger partial charge is 0.229 e. The summed E-state index contributed by atoms with van der Waals surface area (Å²) in [5, 5.41) is 10.5. The maximum Gasteiger partial charge on any atom is 0.229 e. The highest BCUT2D eigenvalue weighted by molar-refractivity contribution is 6.10. The van der Waals surface area contributed by atoms with Crippen LogP contribution in [0.15, 0.2) is 208 Å². The zero-order valence-corrected chi connectivity index (χ0v) is 32.5. The number of hydrogen-bond donors (Lipinski definition) is 0. The van der Waals surface area contributed by atoms with E-state index in [1.54, 1.807) is 0 Å². The van der Waals surface area contributed by atoms with Crippen molar-refractivity contribution in [2.45, 2.75) is 0 Å². The third-order valence-electron chi connectivity index (χ3n) is 11.9. The van der Waals surface area contributed by atoms with Crippen LogP contribution in [0.1, 0.15) is 0 Å². The summed E-state index contributed by atoms with van der Waals surface area (Å²) >= 11 is 0. The number of nitrogens with zero attached hydrogens (tertiary/aromatic N) is 4. The first-order valence-corrected chi connectivity index (χ1v) is 20.3. The Balaban J connectivity index is 0.981. The Morgan fingerprint density at radius 1 is 0.328 bits per heavy atom. The van der Waals surface area contributed by atoms with Gasteiger partial charge in [0.25, 0.3) is 0 Å². The summed E-state index contributed by atoms with van der Waals surface area (Å²) in [4.78, 5) is 14.7. The summed E-state index contributed by atoms with van der Waals surface area (Å²) in [6.45, 7) is 0. The van der Waals surface area contributed by atoms with Crippen LogP contribution in [0.4, 0.5) is 34.4 Å². The molecule has 0 saturated heterocycles. The molecule has 0 atom stereocenters. The molecule has 0 N–H and O–H groups in total. The van der Waals surface area contributed by atoms with Crippen LogP contribution < -0.4 is 9.80 Å². The quantitative estimate of drug-likeness (QED) is 0.166. The van der Waals surface area contributed by atoms with Gasteiger partial charge in [0.15, 0.2) is 0 Å². The molecule has 13 aromatic rings. The van der Waals surface area contributed by atoms with Gasteiger partial charge in [0.05, 0.1) is 22.7 Å². The Bertz CT molecular complexity index is 3620. The van der Waals surface area contributed by atoms with E-state index in [1.807, 2.05) is 48.7 Å². The Labute approximate surface area is 347 Å². The minimum atomic E-state index is 0.516. The number of furan rings is 3. The fourth-order valence-electron chi connectivity index (χ4n) is 9.08. The summed E-state index contributed by atoms with van der Waals surface area (Å²) in [7, 11) is 0. The molecule has 13 rings (SSSR count). The molecule has 7 heteroatoms. The SMILES string of the molecule is c1ccc2c(N(c3ccc4c(c3)oc3ccccc34)c3cc4oc5nc(N(c6ccc7c(c6)oc6ccccc67)c6cccc7ccccc67)ccc5c4cn3)cccc2c1. The van der Waals surface area contributed by atoms with Crippen molar-refractivity contribution in [3.05, 3.63) is 194 Å². The van der Waals surface area contributed by atoms with E-state index in [1.165, 1.54) is 0 Å². The maximum absolute atomic E-state index is 6.73. The Morgan fingerprint density at radius 3 is 1.41 bits per heavy atom. The standard InChI is InChI=1S/C54H32N4O3/c1-3-15-37-33(11-1)13-9-19-45(37)57(35-23-25-41-39-17-5-7-21-47(39)59-49(41)29-35)52-28-27-43-44-32-55-53(31-51(44)61-54(43)56-52)58(46-20-10-14-34-12-2-4-16-38(34)46)36-24-26-42-40-18-6-8-22-48(40)60-50(42)30-36/h1-32H. The van der Waals surface area contributed by atoms with Gasteiger partial charge in [0.1, 0.15) is 39.6 Å². The predicted molar refractivity (Wildman–Crippen MR) is 248 cm³/mol. The number of fused-ring (bicyclic) bond motifs is 11. The van der Waals surface area contributed by atoms with E-state index >= 15 is 0 Å². The highest BCUT2D eigenvalue weighted by Gasteiger charge is 2.23. The summed E-state index contributed by atoms with van der Waals surface area (Å²) in [5.41, 5.74) is 8.34. The number of hydrogen-bond acceptors (Lipinski definition) is 7. The van der Waals surface area contributed by atoms with Crippen LogP contribution in [0, 0.1) is 0 Å². The molecule has 0 spiro atoms. The van der Waals surface area contributed by atoms with Crippen molar-refractivity contribution in [1.82, 2.24) is 9.97 Å². The Kier molecular flexibility index (Phi) is 7.17. The molecule has 0 fully saturated rings. The molecular weight excluding hydrogens is 753 g/mol. The van der Waals surface area contributed by atoms with E-state index in [0.29, 0.717) is 22.9 Å². The molecule has 0 unspecified atom stereocenters. The Morgan fingerprint density at radius 2 is 0.803 bits per heavy atom. The second kappa shape index (κ2) is 13.0. The summed E-state index contributed by atoms with van der Waals surface area (Å²) in [6, 6.07) is 64.7. The third kappa shape index (κ3) is 5.24. The number of anilines is 6. The molecule has 0 aliphatic heterocycles. The monoisotopic (exact) mass is 784 g/mol. The second-order valence-corrected chi connectivity index (χ2v) is 15.4. The van der Waals surface area contributed by atoms with Crippen LogP contribution in [-0.4, -0.2) is 9.97 Å². The number of pyridine rings is 2. The molecule has 286 valence electrons. The van der Waals surface area contributed by atoms with Gasteiger partial charge in [-0.15, -0.1) is 0 Å². The van der Waals surface area contributed by atoms with E-state index in [2.05, 4.69) is 155 Å². The summed E-state index contributed by atoms with van der Waals surface area (Å²) in [5.74, 6) is 1.41. The van der Waals surface area contributed by atoms with E-state index in [0.717, 1.165) is 98.9 Å². The molecule has 0 amide bonds. The normalized spacial score (nSPS) is 11.9. The first-order valence-electron chi connectivity index (χ1n) is 20.3. The van der Waals surface area contributed by atoms with Gasteiger partial charge in [-0.2, -0.15) is 4.98 Å². The number of aromatic nitrogens is 2. The highest BCUT2D eigenvalue weighted by atomic mass is 16.3. The average molecular weight is 785 g/mol. The van der Waals surface area contributed by atoms with Crippen LogP contribution in [0.2, 0.25) is 0 Å². The predicted octanol–water partition coefficient (Wildman–Crippen LogP) is 15.4. The van der Waals surface area contributed by atoms with Crippen LogP contribution in [0.3, 0.4) is 0 Å². The fraction of sp³-hybridized carbons (Fsp3) is 0. The molecule has 0 radical (unpaired) electrons. The van der Waals surface area contributed by atoms with Gasteiger partial charge >= 0.3 is 0 Å². The summed E-state index contributed by atoms with van der Waals surface area (Å²) < 4.78 is 19.5. The fourth-order valence-corrected chi connectivity index (χ4v) is 9.08. The number of benzene rings is 8. The average Bonchev–Trinajstić information content (AvgIpc) is 3.99. The topological polar surface area (TPSA) is 71.7 Å². The van der Waals surface area contributed by atoms with Crippen LogP contribution >= 0.6 is 0 Å². The molecule has 7 nitrogen and oxygen atoms in total. The molecule has 5 aromatic heterocycles. The van der Waals surface area contributed by atoms with Gasteiger partial charge in [-0.1, -0.05) is 109 Å². The van der Waals surface area contributed by atoms with Crippen LogP contribution in [-0.2, 0) is 0 Å². The zero-order chi connectivity index (χ0) is 40.0. The second-order valence-electron chi connectivity index (χ2n) is 15.4. The molecule has 5 heterocycles. The zero-order valence-electron chi connectivity index (χ0n) is 32.5. The minimum Gasteiger partial charge on any atom is -0.456 e. The maximum atomic E-state index is 6.73. The summed E-state index contributed by atoms with van der Waals surface area (Å²) in [6.07, 6.45) is 1.90. The molecule has 0 saturated carbocycles. The lowest BCUT2D eigenvalue weighted by atomic mass is 10.1. The van der Waals surface area contributed by atoms with Gasteiger partial charge < -0.3 is 13.3 Å². The van der Waals surface area contributed by atoms with Crippen molar-refractivity contribution in [3.8, 4) is 0 Å². The highest BCUT2D eigenvalue weighted by Crippen LogP contribution is 2.44. The number of rotatable bonds is 6. The van der Waals surface area contributed by atoms with Gasteiger partial charge in [-0.3, -0.25) is 9.80 Å². The Hall–Kier alpha value is -8.42.